The van der Waals surface area contributed by atoms with Gasteiger partial charge in [-0.1, -0.05) is 37.3 Å². The second-order valence-electron chi connectivity index (χ2n) is 7.61. The number of ketones is 1. The van der Waals surface area contributed by atoms with Gasteiger partial charge < -0.3 is 14.7 Å². The Morgan fingerprint density at radius 3 is 2.39 bits per heavy atom. The van der Waals surface area contributed by atoms with E-state index in [-0.39, 0.29) is 18.0 Å². The van der Waals surface area contributed by atoms with Crippen LogP contribution in [-0.4, -0.2) is 35.0 Å². The summed E-state index contributed by atoms with van der Waals surface area (Å²) < 4.78 is 5.80. The first-order chi connectivity index (χ1) is 13.4. The number of anilines is 1. The second-order valence-corrected chi connectivity index (χ2v) is 7.61. The molecule has 5 nitrogen and oxygen atoms in total. The predicted octanol–water partition coefficient (Wildman–Crippen LogP) is 3.88. The number of aryl methyl sites for hydroxylation is 1. The van der Waals surface area contributed by atoms with Crippen molar-refractivity contribution in [2.75, 3.05) is 11.4 Å². The third-order valence-corrected chi connectivity index (χ3v) is 5.17. The summed E-state index contributed by atoms with van der Waals surface area (Å²) in [5.74, 6) is -0.350. The molecule has 0 saturated carbocycles. The van der Waals surface area contributed by atoms with Gasteiger partial charge in [-0.15, -0.1) is 0 Å². The molecule has 1 fully saturated rings. The number of carbonyl (C=O) groups excluding carboxylic acids is 2. The summed E-state index contributed by atoms with van der Waals surface area (Å²) in [7, 11) is 0. The Balaban J connectivity index is 1.72. The minimum absolute atomic E-state index is 0.0956. The molecule has 0 spiro atoms. The largest absolute Gasteiger partial charge is 0.508 e. The van der Waals surface area contributed by atoms with E-state index in [0.29, 0.717) is 19.4 Å². The molecular weight excluding hydrogens is 354 g/mol. The van der Waals surface area contributed by atoms with E-state index in [1.54, 1.807) is 12.1 Å². The number of esters is 1. The minimum Gasteiger partial charge on any atom is -0.508 e. The standard InChI is InChI=1S/C23H27NO4/c1-3-15-24(18-7-5-4-6-8-18)21-20(26)16-23(2,28-22(21)27)14-13-17-9-11-19(25)12-10-17/h4-12,21,25H,3,13-16H2,1-2H3. The van der Waals surface area contributed by atoms with Crippen molar-refractivity contribution in [2.24, 2.45) is 0 Å². The molecule has 2 aromatic rings. The molecule has 1 aliphatic heterocycles. The van der Waals surface area contributed by atoms with E-state index in [1.807, 2.05) is 61.2 Å². The van der Waals surface area contributed by atoms with E-state index in [1.165, 1.54) is 0 Å². The van der Waals surface area contributed by atoms with Crippen molar-refractivity contribution in [1.29, 1.82) is 0 Å². The quantitative estimate of drug-likeness (QED) is 0.582. The van der Waals surface area contributed by atoms with Gasteiger partial charge in [-0.3, -0.25) is 4.79 Å². The molecule has 2 aromatic carbocycles. The molecule has 0 amide bonds. The number of rotatable bonds is 7. The number of Topliss-reactive ketones (excluding diaryl/α,β-unsaturated/α-hetero) is 1. The number of phenolic OH excluding ortho intramolecular Hbond substituents is 1. The van der Waals surface area contributed by atoms with Crippen molar-refractivity contribution in [3.63, 3.8) is 0 Å². The predicted molar refractivity (Wildman–Crippen MR) is 108 cm³/mol. The Bertz CT molecular complexity index is 798. The van der Waals surface area contributed by atoms with E-state index in [4.69, 9.17) is 4.74 Å². The van der Waals surface area contributed by atoms with E-state index >= 15 is 0 Å². The Morgan fingerprint density at radius 2 is 1.79 bits per heavy atom. The monoisotopic (exact) mass is 381 g/mol. The highest BCUT2D eigenvalue weighted by Gasteiger charge is 2.46. The van der Waals surface area contributed by atoms with E-state index in [9.17, 15) is 14.7 Å². The molecular formula is C23H27NO4. The Labute approximate surface area is 165 Å². The van der Waals surface area contributed by atoms with E-state index < -0.39 is 17.6 Å². The fourth-order valence-electron chi connectivity index (χ4n) is 3.71. The van der Waals surface area contributed by atoms with Gasteiger partial charge in [0.25, 0.3) is 0 Å². The number of carbonyl (C=O) groups is 2. The molecule has 0 bridgehead atoms. The second kappa shape index (κ2) is 8.46. The number of nitrogens with zero attached hydrogens (tertiary/aromatic N) is 1. The van der Waals surface area contributed by atoms with Crippen LogP contribution in [0.4, 0.5) is 5.69 Å². The van der Waals surface area contributed by atoms with E-state index in [0.717, 1.165) is 17.7 Å². The van der Waals surface area contributed by atoms with Crippen molar-refractivity contribution in [2.45, 2.75) is 51.2 Å². The number of para-hydroxylation sites is 1. The molecule has 2 atom stereocenters. The molecule has 28 heavy (non-hydrogen) atoms. The molecule has 0 aromatic heterocycles. The van der Waals surface area contributed by atoms with Crippen LogP contribution in [0.1, 0.15) is 38.7 Å². The van der Waals surface area contributed by atoms with Crippen LogP contribution in [0.25, 0.3) is 0 Å². The number of hydrogen-bond donors (Lipinski definition) is 1. The molecule has 3 rings (SSSR count). The summed E-state index contributed by atoms with van der Waals surface area (Å²) in [6.45, 7) is 4.46. The highest BCUT2D eigenvalue weighted by atomic mass is 16.6. The van der Waals surface area contributed by atoms with Crippen LogP contribution < -0.4 is 4.90 Å². The molecule has 2 unspecified atom stereocenters. The fourth-order valence-corrected chi connectivity index (χ4v) is 3.71. The number of cyclic esters (lactones) is 1. The number of ether oxygens (including phenoxy) is 1. The first kappa shape index (κ1) is 19.9. The molecule has 5 heteroatoms. The first-order valence-electron chi connectivity index (χ1n) is 9.77. The number of phenols is 1. The van der Waals surface area contributed by atoms with Crippen molar-refractivity contribution in [3.8, 4) is 5.75 Å². The maximum Gasteiger partial charge on any atom is 0.337 e. The van der Waals surface area contributed by atoms with Crippen LogP contribution in [0.5, 0.6) is 5.75 Å². The van der Waals surface area contributed by atoms with Crippen molar-refractivity contribution >= 4 is 17.4 Å². The summed E-state index contributed by atoms with van der Waals surface area (Å²) >= 11 is 0. The zero-order valence-electron chi connectivity index (χ0n) is 16.4. The normalized spacial score (nSPS) is 22.0. The number of aromatic hydroxyl groups is 1. The summed E-state index contributed by atoms with van der Waals surface area (Å²) in [6, 6.07) is 15.6. The number of benzene rings is 2. The van der Waals surface area contributed by atoms with Crippen LogP contribution in [-0.2, 0) is 20.7 Å². The maximum absolute atomic E-state index is 13.0. The summed E-state index contributed by atoms with van der Waals surface area (Å²) in [4.78, 5) is 27.7. The van der Waals surface area contributed by atoms with Gasteiger partial charge in [0.2, 0.25) is 0 Å². The van der Waals surface area contributed by atoms with Gasteiger partial charge in [-0.05, 0) is 56.0 Å². The zero-order chi connectivity index (χ0) is 20.1. The Morgan fingerprint density at radius 1 is 1.11 bits per heavy atom. The van der Waals surface area contributed by atoms with Gasteiger partial charge in [0.1, 0.15) is 11.4 Å². The van der Waals surface area contributed by atoms with Crippen molar-refractivity contribution in [1.82, 2.24) is 0 Å². The lowest BCUT2D eigenvalue weighted by Crippen LogP contribution is -2.56. The fraction of sp³-hybridized carbons (Fsp3) is 0.391. The average Bonchev–Trinajstić information content (AvgIpc) is 2.67. The van der Waals surface area contributed by atoms with Crippen molar-refractivity contribution < 1.29 is 19.4 Å². The summed E-state index contributed by atoms with van der Waals surface area (Å²) in [5.41, 5.74) is 1.07. The highest BCUT2D eigenvalue weighted by molar-refractivity contribution is 6.08. The third-order valence-electron chi connectivity index (χ3n) is 5.17. The van der Waals surface area contributed by atoms with Gasteiger partial charge in [0, 0.05) is 18.7 Å². The van der Waals surface area contributed by atoms with Gasteiger partial charge in [-0.25, -0.2) is 4.79 Å². The van der Waals surface area contributed by atoms with Crippen molar-refractivity contribution in [3.05, 3.63) is 60.2 Å². The molecule has 0 aliphatic carbocycles. The smallest absolute Gasteiger partial charge is 0.337 e. The van der Waals surface area contributed by atoms with Gasteiger partial charge >= 0.3 is 5.97 Å². The molecule has 0 radical (unpaired) electrons. The lowest BCUT2D eigenvalue weighted by molar-refractivity contribution is -0.171. The Kier molecular flexibility index (Phi) is 6.02. The Hall–Kier alpha value is -2.82. The summed E-state index contributed by atoms with van der Waals surface area (Å²) in [5, 5.41) is 9.39. The third kappa shape index (κ3) is 4.53. The molecule has 1 heterocycles. The maximum atomic E-state index is 13.0. The zero-order valence-corrected chi connectivity index (χ0v) is 16.4. The van der Waals surface area contributed by atoms with Crippen LogP contribution in [0.15, 0.2) is 54.6 Å². The van der Waals surface area contributed by atoms with Gasteiger partial charge in [0.05, 0.1) is 0 Å². The SMILES string of the molecule is CCCN(c1ccccc1)C1C(=O)CC(C)(CCc2ccc(O)cc2)OC1=O. The first-order valence-corrected chi connectivity index (χ1v) is 9.77. The summed E-state index contributed by atoms with van der Waals surface area (Å²) in [6.07, 6.45) is 2.25. The van der Waals surface area contributed by atoms with Gasteiger partial charge in [-0.2, -0.15) is 0 Å². The minimum atomic E-state index is -0.885. The topological polar surface area (TPSA) is 66.8 Å². The van der Waals surface area contributed by atoms with Crippen LogP contribution in [0.3, 0.4) is 0 Å². The van der Waals surface area contributed by atoms with Crippen LogP contribution >= 0.6 is 0 Å². The number of hydrogen-bond acceptors (Lipinski definition) is 5. The molecule has 148 valence electrons. The lowest BCUT2D eigenvalue weighted by Gasteiger charge is -2.40. The van der Waals surface area contributed by atoms with E-state index in [2.05, 4.69) is 0 Å². The van der Waals surface area contributed by atoms with Crippen LogP contribution in [0, 0.1) is 0 Å². The highest BCUT2D eigenvalue weighted by Crippen LogP contribution is 2.32. The lowest BCUT2D eigenvalue weighted by atomic mass is 9.86. The average molecular weight is 381 g/mol. The van der Waals surface area contributed by atoms with Crippen LogP contribution in [0.2, 0.25) is 0 Å². The molecule has 1 aliphatic rings. The van der Waals surface area contributed by atoms with Gasteiger partial charge in [0.15, 0.2) is 11.8 Å². The molecule has 1 saturated heterocycles. The molecule has 1 N–H and O–H groups in total.